The first kappa shape index (κ1) is 39.1. The molecule has 2 atom stereocenters. The lowest BCUT2D eigenvalue weighted by molar-refractivity contribution is 0.0517. The van der Waals surface area contributed by atoms with Crippen molar-refractivity contribution in [1.29, 1.82) is 0 Å². The molecule has 2 aromatic heterocycles. The van der Waals surface area contributed by atoms with Crippen LogP contribution in [0.4, 0.5) is 0 Å². The lowest BCUT2D eigenvalue weighted by Gasteiger charge is -2.16. The van der Waals surface area contributed by atoms with Gasteiger partial charge in [0.05, 0.1) is 24.3 Å². The number of nitrogens with zero attached hydrogens (tertiary/aromatic N) is 2. The minimum atomic E-state index is -0.871. The van der Waals surface area contributed by atoms with Gasteiger partial charge in [-0.3, -0.25) is 0 Å². The first-order valence-corrected chi connectivity index (χ1v) is 18.7. The van der Waals surface area contributed by atoms with Crippen LogP contribution in [-0.4, -0.2) is 83.0 Å². The predicted molar refractivity (Wildman–Crippen MR) is 212 cm³/mol. The molecule has 6 rings (SSSR count). The molecule has 6 aromatic rings. The van der Waals surface area contributed by atoms with Crippen LogP contribution in [0, 0.1) is 13.8 Å². The van der Waals surface area contributed by atoms with Crippen LogP contribution in [0.5, 0.6) is 11.5 Å². The molecule has 2 heterocycles. The van der Waals surface area contributed by atoms with Crippen molar-refractivity contribution in [3.05, 3.63) is 131 Å². The van der Waals surface area contributed by atoms with E-state index in [-0.39, 0.29) is 39.5 Å². The second-order valence-electron chi connectivity index (χ2n) is 13.5. The Balaban J connectivity index is 1.04. The Morgan fingerprint density at radius 3 is 1.40 bits per heavy atom. The van der Waals surface area contributed by atoms with Crippen molar-refractivity contribution in [2.45, 2.75) is 53.0 Å². The third-order valence-corrected chi connectivity index (χ3v) is 9.56. The molecule has 0 saturated heterocycles. The average molecular weight is 748 g/mol. The highest BCUT2D eigenvalue weighted by molar-refractivity contribution is 6.07. The number of aliphatic hydroxyl groups is 2. The molecule has 0 aliphatic rings. The fourth-order valence-electron chi connectivity index (χ4n) is 6.88. The number of hydrogen-bond acceptors (Lipinski definition) is 9. The van der Waals surface area contributed by atoms with Crippen LogP contribution in [0.3, 0.4) is 0 Å². The highest BCUT2D eigenvalue weighted by atomic mass is 16.5. The summed E-state index contributed by atoms with van der Waals surface area (Å²) in [7, 11) is 0. The predicted octanol–water partition coefficient (Wildman–Crippen LogP) is 6.43. The normalized spacial score (nSPS) is 12.5. The molecule has 0 aliphatic carbocycles. The Kier molecular flexibility index (Phi) is 12.9. The standard InChI is InChI=1S/C44H49N3O8/c1-5-52-43(50)41-29(3)46(25-31-13-9-7-10-14-31)39-19-17-35(21-37(39)41)54-27-33(48)23-45-24-34(49)28-55-36-18-20-40-38(22-36)42(44(51)53-6-2)30(4)47(40)26-32-15-11-8-12-16-32/h7-22,33-34,45,48-49H,5-6,23-28H2,1-4H3. The van der Waals surface area contributed by atoms with Gasteiger partial charge in [0.2, 0.25) is 0 Å². The van der Waals surface area contributed by atoms with Gasteiger partial charge in [0.15, 0.2) is 0 Å². The van der Waals surface area contributed by atoms with Crippen molar-refractivity contribution in [3.8, 4) is 11.5 Å². The molecule has 0 spiro atoms. The van der Waals surface area contributed by atoms with Crippen molar-refractivity contribution in [2.24, 2.45) is 0 Å². The van der Waals surface area contributed by atoms with Crippen LogP contribution >= 0.6 is 0 Å². The van der Waals surface area contributed by atoms with E-state index in [0.717, 1.165) is 44.3 Å². The molecule has 0 aliphatic heterocycles. The van der Waals surface area contributed by atoms with Crippen molar-refractivity contribution in [2.75, 3.05) is 39.5 Å². The van der Waals surface area contributed by atoms with Crippen molar-refractivity contribution in [1.82, 2.24) is 14.5 Å². The summed E-state index contributed by atoms with van der Waals surface area (Å²) in [6, 6.07) is 31.2. The Bertz CT molecular complexity index is 2070. The number of carbonyl (C=O) groups is 2. The first-order chi connectivity index (χ1) is 26.7. The van der Waals surface area contributed by atoms with E-state index >= 15 is 0 Å². The van der Waals surface area contributed by atoms with Gasteiger partial charge in [0.1, 0.15) is 36.9 Å². The number of hydrogen-bond donors (Lipinski definition) is 3. The molecule has 288 valence electrons. The maximum absolute atomic E-state index is 13.0. The van der Waals surface area contributed by atoms with Crippen LogP contribution in [-0.2, 0) is 22.6 Å². The van der Waals surface area contributed by atoms with E-state index < -0.39 is 24.1 Å². The van der Waals surface area contributed by atoms with E-state index in [9.17, 15) is 19.8 Å². The number of rotatable bonds is 18. The number of nitrogens with one attached hydrogen (secondary N) is 1. The third-order valence-electron chi connectivity index (χ3n) is 9.56. The summed E-state index contributed by atoms with van der Waals surface area (Å²) in [5.41, 5.74) is 6.57. The maximum Gasteiger partial charge on any atom is 0.340 e. The van der Waals surface area contributed by atoms with E-state index in [4.69, 9.17) is 18.9 Å². The summed E-state index contributed by atoms with van der Waals surface area (Å²) < 4.78 is 26.9. The maximum atomic E-state index is 13.0. The molecule has 55 heavy (non-hydrogen) atoms. The van der Waals surface area contributed by atoms with Gasteiger partial charge in [0, 0.05) is 59.4 Å². The molecule has 3 N–H and O–H groups in total. The van der Waals surface area contributed by atoms with Crippen LogP contribution in [0.15, 0.2) is 97.1 Å². The van der Waals surface area contributed by atoms with Gasteiger partial charge in [-0.05, 0) is 75.2 Å². The summed E-state index contributed by atoms with van der Waals surface area (Å²) in [4.78, 5) is 26.1. The summed E-state index contributed by atoms with van der Waals surface area (Å²) in [5, 5.41) is 25.9. The molecule has 4 aromatic carbocycles. The molecule has 0 saturated carbocycles. The number of aromatic nitrogens is 2. The molecular formula is C44H49N3O8. The van der Waals surface area contributed by atoms with Gasteiger partial charge in [-0.1, -0.05) is 60.7 Å². The number of esters is 2. The van der Waals surface area contributed by atoms with E-state index in [1.165, 1.54) is 0 Å². The number of aliphatic hydroxyl groups excluding tert-OH is 2. The molecule has 0 amide bonds. The Morgan fingerprint density at radius 1 is 0.618 bits per heavy atom. The van der Waals surface area contributed by atoms with Gasteiger partial charge in [-0.2, -0.15) is 0 Å². The molecule has 0 bridgehead atoms. The quantitative estimate of drug-likeness (QED) is 0.0851. The topological polar surface area (TPSA) is 133 Å². The highest BCUT2D eigenvalue weighted by Gasteiger charge is 2.24. The van der Waals surface area contributed by atoms with Crippen LogP contribution < -0.4 is 14.8 Å². The lowest BCUT2D eigenvalue weighted by Crippen LogP contribution is -2.37. The van der Waals surface area contributed by atoms with Crippen LogP contribution in [0.1, 0.15) is 57.1 Å². The minimum absolute atomic E-state index is 0.00427. The summed E-state index contributed by atoms with van der Waals surface area (Å²) in [5.74, 6) is 0.235. The highest BCUT2D eigenvalue weighted by Crippen LogP contribution is 2.32. The van der Waals surface area contributed by atoms with Gasteiger partial charge in [-0.25, -0.2) is 9.59 Å². The summed E-state index contributed by atoms with van der Waals surface area (Å²) >= 11 is 0. The van der Waals surface area contributed by atoms with Gasteiger partial charge in [-0.15, -0.1) is 0 Å². The van der Waals surface area contributed by atoms with Crippen molar-refractivity contribution < 1.29 is 38.7 Å². The second-order valence-corrected chi connectivity index (χ2v) is 13.5. The summed E-state index contributed by atoms with van der Waals surface area (Å²) in [6.45, 7) is 9.44. The van der Waals surface area contributed by atoms with E-state index in [1.54, 1.807) is 13.8 Å². The first-order valence-electron chi connectivity index (χ1n) is 18.7. The smallest absolute Gasteiger partial charge is 0.340 e. The fourth-order valence-corrected chi connectivity index (χ4v) is 6.88. The summed E-state index contributed by atoms with van der Waals surface area (Å²) in [6.07, 6.45) is -1.74. The molecule has 11 heteroatoms. The second kappa shape index (κ2) is 18.1. The number of fused-ring (bicyclic) bond motifs is 2. The molecule has 2 unspecified atom stereocenters. The molecule has 0 radical (unpaired) electrons. The Hall–Kier alpha value is -5.62. The molecular weight excluding hydrogens is 698 g/mol. The zero-order chi connectivity index (χ0) is 38.9. The largest absolute Gasteiger partial charge is 0.491 e. The SMILES string of the molecule is CCOC(=O)c1c(C)n(Cc2ccccc2)c2ccc(OCC(O)CNCC(O)COc3ccc4c(c3)c(C(=O)OCC)c(C)n4Cc3ccccc3)cc12. The monoisotopic (exact) mass is 747 g/mol. The minimum Gasteiger partial charge on any atom is -0.491 e. The average Bonchev–Trinajstić information content (AvgIpc) is 3.61. The van der Waals surface area contributed by atoms with Crippen molar-refractivity contribution in [3.63, 3.8) is 0 Å². The van der Waals surface area contributed by atoms with E-state index in [1.807, 2.05) is 111 Å². The Labute approximate surface area is 321 Å². The number of ether oxygens (including phenoxy) is 4. The zero-order valence-corrected chi connectivity index (χ0v) is 31.8. The molecule has 0 fully saturated rings. The van der Waals surface area contributed by atoms with E-state index in [2.05, 4.69) is 14.5 Å². The number of carbonyl (C=O) groups excluding carboxylic acids is 2. The van der Waals surface area contributed by atoms with Gasteiger partial charge >= 0.3 is 11.9 Å². The van der Waals surface area contributed by atoms with Crippen LogP contribution in [0.2, 0.25) is 0 Å². The third kappa shape index (κ3) is 9.20. The van der Waals surface area contributed by atoms with Gasteiger partial charge in [0.25, 0.3) is 0 Å². The molecule has 11 nitrogen and oxygen atoms in total. The number of benzene rings is 4. The Morgan fingerprint density at radius 2 is 1.02 bits per heavy atom. The fraction of sp³-hybridized carbons (Fsp3) is 0.318. The van der Waals surface area contributed by atoms with Crippen LogP contribution in [0.25, 0.3) is 21.8 Å². The van der Waals surface area contributed by atoms with Crippen molar-refractivity contribution >= 4 is 33.7 Å². The van der Waals surface area contributed by atoms with Gasteiger partial charge < -0.3 is 43.6 Å². The van der Waals surface area contributed by atoms with E-state index in [0.29, 0.717) is 35.7 Å². The lowest BCUT2D eigenvalue weighted by atomic mass is 10.1. The zero-order valence-electron chi connectivity index (χ0n) is 31.8.